The fraction of sp³-hybridized carbons (Fsp3) is 0.429. The zero-order valence-electron chi connectivity index (χ0n) is 16.0. The Morgan fingerprint density at radius 1 is 1.11 bits per heavy atom. The maximum atomic E-state index is 12.8. The Morgan fingerprint density at radius 2 is 1.89 bits per heavy atom. The summed E-state index contributed by atoms with van der Waals surface area (Å²) in [5.41, 5.74) is 1.04. The van der Waals surface area contributed by atoms with Crippen molar-refractivity contribution in [3.63, 3.8) is 0 Å². The molecule has 1 aliphatic rings. The van der Waals surface area contributed by atoms with Gasteiger partial charge in [-0.05, 0) is 49.6 Å². The van der Waals surface area contributed by atoms with Crippen molar-refractivity contribution in [2.24, 2.45) is 0 Å². The van der Waals surface area contributed by atoms with E-state index in [1.807, 2.05) is 42.2 Å². The summed E-state index contributed by atoms with van der Waals surface area (Å²) in [5, 5.41) is 0. The molecule has 6 heteroatoms. The van der Waals surface area contributed by atoms with Gasteiger partial charge in [0.2, 0.25) is 5.91 Å². The van der Waals surface area contributed by atoms with E-state index < -0.39 is 0 Å². The van der Waals surface area contributed by atoms with Crippen LogP contribution in [0.4, 0.5) is 0 Å². The maximum Gasteiger partial charge on any atom is 0.223 e. The number of hydrogen-bond acceptors (Lipinski definition) is 5. The number of likely N-dealkylation sites (tertiary alicyclic amines) is 1. The normalized spacial score (nSPS) is 16.4. The first-order valence-corrected chi connectivity index (χ1v) is 9.96. The SMILES string of the molecule is COc1ccc([C@H]2CCCN2C(=O)CCC(=O)c2ccc(C)s2)cc1OC. The Hall–Kier alpha value is -2.34. The molecule has 3 rings (SSSR count). The Bertz CT molecular complexity index is 829. The van der Waals surface area contributed by atoms with Gasteiger partial charge in [0.15, 0.2) is 17.3 Å². The van der Waals surface area contributed by atoms with Gasteiger partial charge in [-0.15, -0.1) is 11.3 Å². The number of nitrogens with zero attached hydrogens (tertiary/aromatic N) is 1. The first-order valence-electron chi connectivity index (χ1n) is 9.14. The number of thiophene rings is 1. The van der Waals surface area contributed by atoms with Crippen molar-refractivity contribution in [1.82, 2.24) is 4.90 Å². The highest BCUT2D eigenvalue weighted by Gasteiger charge is 2.30. The second-order valence-corrected chi connectivity index (χ2v) is 7.98. The van der Waals surface area contributed by atoms with E-state index in [-0.39, 0.29) is 30.6 Å². The molecule has 1 aromatic heterocycles. The number of carbonyl (C=O) groups excluding carboxylic acids is 2. The number of methoxy groups -OCH3 is 2. The first kappa shape index (κ1) is 19.4. The Labute approximate surface area is 163 Å². The highest BCUT2D eigenvalue weighted by Crippen LogP contribution is 2.37. The van der Waals surface area contributed by atoms with Crippen LogP contribution in [0.2, 0.25) is 0 Å². The van der Waals surface area contributed by atoms with Crippen molar-refractivity contribution in [2.75, 3.05) is 20.8 Å². The van der Waals surface area contributed by atoms with Crippen molar-refractivity contribution in [3.05, 3.63) is 45.6 Å². The molecule has 1 aromatic carbocycles. The molecule has 5 nitrogen and oxygen atoms in total. The van der Waals surface area contributed by atoms with Crippen LogP contribution in [-0.4, -0.2) is 37.4 Å². The van der Waals surface area contributed by atoms with Gasteiger partial charge in [-0.25, -0.2) is 0 Å². The number of hydrogen-bond donors (Lipinski definition) is 0. The molecule has 1 amide bonds. The molecule has 2 aromatic rings. The fourth-order valence-corrected chi connectivity index (χ4v) is 4.38. The third-order valence-corrected chi connectivity index (χ3v) is 5.99. The summed E-state index contributed by atoms with van der Waals surface area (Å²) in [7, 11) is 3.21. The van der Waals surface area contributed by atoms with Crippen molar-refractivity contribution in [3.8, 4) is 11.5 Å². The van der Waals surface area contributed by atoms with Gasteiger partial charge in [-0.1, -0.05) is 6.07 Å². The van der Waals surface area contributed by atoms with Gasteiger partial charge in [0, 0.05) is 24.3 Å². The summed E-state index contributed by atoms with van der Waals surface area (Å²) < 4.78 is 10.7. The van der Waals surface area contributed by atoms with Crippen molar-refractivity contribution in [1.29, 1.82) is 0 Å². The molecule has 0 unspecified atom stereocenters. The molecule has 1 aliphatic heterocycles. The van der Waals surface area contributed by atoms with E-state index in [1.165, 1.54) is 11.3 Å². The van der Waals surface area contributed by atoms with Gasteiger partial charge < -0.3 is 14.4 Å². The number of carbonyl (C=O) groups is 2. The lowest BCUT2D eigenvalue weighted by Gasteiger charge is -2.25. The average molecular weight is 388 g/mol. The van der Waals surface area contributed by atoms with Crippen LogP contribution < -0.4 is 9.47 Å². The van der Waals surface area contributed by atoms with E-state index >= 15 is 0 Å². The Kier molecular flexibility index (Phi) is 6.16. The maximum absolute atomic E-state index is 12.8. The average Bonchev–Trinajstić information content (AvgIpc) is 3.34. The molecule has 1 saturated heterocycles. The molecular formula is C21H25NO4S. The monoisotopic (exact) mass is 387 g/mol. The minimum absolute atomic E-state index is 0.0244. The van der Waals surface area contributed by atoms with Gasteiger partial charge >= 0.3 is 0 Å². The number of aryl methyl sites for hydroxylation is 1. The van der Waals surface area contributed by atoms with Crippen LogP contribution in [0.3, 0.4) is 0 Å². The predicted molar refractivity (Wildman–Crippen MR) is 106 cm³/mol. The summed E-state index contributed by atoms with van der Waals surface area (Å²) in [5.74, 6) is 1.42. The number of amides is 1. The lowest BCUT2D eigenvalue weighted by Crippen LogP contribution is -2.30. The molecule has 2 heterocycles. The van der Waals surface area contributed by atoms with Crippen LogP contribution in [0.15, 0.2) is 30.3 Å². The summed E-state index contributed by atoms with van der Waals surface area (Å²) in [6, 6.07) is 9.60. The second-order valence-electron chi connectivity index (χ2n) is 6.69. The molecule has 1 atom stereocenters. The lowest BCUT2D eigenvalue weighted by atomic mass is 10.0. The van der Waals surface area contributed by atoms with E-state index in [4.69, 9.17) is 9.47 Å². The van der Waals surface area contributed by atoms with Gasteiger partial charge in [-0.2, -0.15) is 0 Å². The Balaban J connectivity index is 1.66. The molecule has 0 spiro atoms. The molecule has 1 fully saturated rings. The summed E-state index contributed by atoms with van der Waals surface area (Å²) in [6.45, 7) is 2.70. The van der Waals surface area contributed by atoms with Gasteiger partial charge in [0.1, 0.15) is 0 Å². The standard InChI is InChI=1S/C21H25NO4S/c1-14-6-10-20(27-14)17(23)8-11-21(24)22-12-4-5-16(22)15-7-9-18(25-2)19(13-15)26-3/h6-7,9-10,13,16H,4-5,8,11-12H2,1-3H3/t16-/m1/s1. The van der Waals surface area contributed by atoms with Gasteiger partial charge in [0.25, 0.3) is 0 Å². The van der Waals surface area contributed by atoms with E-state index in [1.54, 1.807) is 14.2 Å². The van der Waals surface area contributed by atoms with E-state index in [9.17, 15) is 9.59 Å². The molecule has 0 saturated carbocycles. The zero-order chi connectivity index (χ0) is 19.4. The van der Waals surface area contributed by atoms with Gasteiger partial charge in [0.05, 0.1) is 25.1 Å². The molecular weight excluding hydrogens is 362 g/mol. The largest absolute Gasteiger partial charge is 0.493 e. The van der Waals surface area contributed by atoms with Crippen LogP contribution >= 0.6 is 11.3 Å². The topological polar surface area (TPSA) is 55.8 Å². The lowest BCUT2D eigenvalue weighted by molar-refractivity contribution is -0.132. The smallest absolute Gasteiger partial charge is 0.223 e. The predicted octanol–water partition coefficient (Wildman–Crippen LogP) is 4.40. The van der Waals surface area contributed by atoms with E-state index in [0.29, 0.717) is 11.5 Å². The fourth-order valence-electron chi connectivity index (χ4n) is 3.54. The van der Waals surface area contributed by atoms with Crippen LogP contribution in [0.25, 0.3) is 0 Å². The van der Waals surface area contributed by atoms with Crippen LogP contribution in [-0.2, 0) is 4.79 Å². The van der Waals surface area contributed by atoms with E-state index in [2.05, 4.69) is 0 Å². The first-order chi connectivity index (χ1) is 13.0. The molecule has 0 bridgehead atoms. The minimum atomic E-state index is 0.0244. The third-order valence-electron chi connectivity index (χ3n) is 4.95. The summed E-state index contributed by atoms with van der Waals surface area (Å²) in [4.78, 5) is 28.8. The number of rotatable bonds is 7. The summed E-state index contributed by atoms with van der Waals surface area (Å²) >= 11 is 1.48. The Morgan fingerprint density at radius 3 is 2.56 bits per heavy atom. The van der Waals surface area contributed by atoms with Crippen molar-refractivity contribution >= 4 is 23.0 Å². The molecule has 0 aliphatic carbocycles. The van der Waals surface area contributed by atoms with Crippen molar-refractivity contribution < 1.29 is 19.1 Å². The van der Waals surface area contributed by atoms with E-state index in [0.717, 1.165) is 34.7 Å². The minimum Gasteiger partial charge on any atom is -0.493 e. The molecule has 144 valence electrons. The molecule has 0 radical (unpaired) electrons. The summed E-state index contributed by atoms with van der Waals surface area (Å²) in [6.07, 6.45) is 2.38. The van der Waals surface area contributed by atoms with Crippen LogP contribution in [0, 0.1) is 6.92 Å². The quantitative estimate of drug-likeness (QED) is 0.661. The van der Waals surface area contributed by atoms with Crippen LogP contribution in [0.5, 0.6) is 11.5 Å². The second kappa shape index (κ2) is 8.57. The zero-order valence-corrected chi connectivity index (χ0v) is 16.8. The highest BCUT2D eigenvalue weighted by molar-refractivity contribution is 7.14. The number of ether oxygens (including phenoxy) is 2. The molecule has 27 heavy (non-hydrogen) atoms. The van der Waals surface area contributed by atoms with Crippen molar-refractivity contribution in [2.45, 2.75) is 38.6 Å². The number of Topliss-reactive ketones (excluding diaryl/α,β-unsaturated/α-hetero) is 1. The molecule has 0 N–H and O–H groups in total. The number of ketones is 1. The highest BCUT2D eigenvalue weighted by atomic mass is 32.1. The van der Waals surface area contributed by atoms with Gasteiger partial charge in [-0.3, -0.25) is 9.59 Å². The number of benzene rings is 1. The van der Waals surface area contributed by atoms with Crippen LogP contribution in [0.1, 0.15) is 51.8 Å². The third kappa shape index (κ3) is 4.33.